The molecule has 106 valence electrons. The molecule has 0 spiro atoms. The number of nitrogens with one attached hydrogen (secondary N) is 1. The van der Waals surface area contributed by atoms with Crippen molar-refractivity contribution in [2.75, 3.05) is 20.1 Å². The lowest BCUT2D eigenvalue weighted by Crippen LogP contribution is -2.47. The monoisotopic (exact) mass is 252 g/mol. The maximum atomic E-state index is 3.48. The number of hydrogen-bond donors (Lipinski definition) is 1. The molecule has 0 aromatic heterocycles. The molecule has 2 atom stereocenters. The third-order valence-corrected chi connectivity index (χ3v) is 5.33. The molecule has 2 rings (SSSR count). The second-order valence-electron chi connectivity index (χ2n) is 7.48. The molecule has 1 aliphatic heterocycles. The second-order valence-corrected chi connectivity index (χ2v) is 7.48. The van der Waals surface area contributed by atoms with E-state index in [1.165, 1.54) is 51.6 Å². The Kier molecular flexibility index (Phi) is 4.71. The molecule has 1 saturated heterocycles. The molecule has 2 fully saturated rings. The fourth-order valence-corrected chi connectivity index (χ4v) is 3.89. The first-order valence-corrected chi connectivity index (χ1v) is 7.92. The van der Waals surface area contributed by atoms with E-state index < -0.39 is 0 Å². The van der Waals surface area contributed by atoms with E-state index >= 15 is 0 Å². The first-order chi connectivity index (χ1) is 8.50. The maximum Gasteiger partial charge on any atom is 0.0110 e. The predicted octanol–water partition coefficient (Wildman–Crippen LogP) is 3.28. The third kappa shape index (κ3) is 3.48. The average molecular weight is 252 g/mol. The van der Waals surface area contributed by atoms with Crippen LogP contribution in [0.5, 0.6) is 0 Å². The van der Waals surface area contributed by atoms with Gasteiger partial charge in [-0.3, -0.25) is 0 Å². The molecule has 1 heterocycles. The van der Waals surface area contributed by atoms with E-state index in [1.54, 1.807) is 0 Å². The van der Waals surface area contributed by atoms with Gasteiger partial charge in [0.2, 0.25) is 0 Å². The lowest BCUT2D eigenvalue weighted by molar-refractivity contribution is 0.0631. The van der Waals surface area contributed by atoms with Gasteiger partial charge in [0.25, 0.3) is 0 Å². The van der Waals surface area contributed by atoms with Crippen molar-refractivity contribution >= 4 is 0 Å². The van der Waals surface area contributed by atoms with Gasteiger partial charge < -0.3 is 10.2 Å². The van der Waals surface area contributed by atoms with Crippen molar-refractivity contribution < 1.29 is 0 Å². The molecule has 2 aliphatic rings. The lowest BCUT2D eigenvalue weighted by Gasteiger charge is -2.44. The first-order valence-electron chi connectivity index (χ1n) is 7.92. The van der Waals surface area contributed by atoms with Gasteiger partial charge in [-0.25, -0.2) is 0 Å². The zero-order chi connectivity index (χ0) is 13.2. The van der Waals surface area contributed by atoms with Gasteiger partial charge in [-0.2, -0.15) is 0 Å². The molecule has 18 heavy (non-hydrogen) atoms. The van der Waals surface area contributed by atoms with Crippen LogP contribution in [0.4, 0.5) is 0 Å². The Bertz CT molecular complexity index is 248. The largest absolute Gasteiger partial charge is 0.317 e. The maximum absolute atomic E-state index is 3.48. The summed E-state index contributed by atoms with van der Waals surface area (Å²) in [7, 11) is 2.12. The van der Waals surface area contributed by atoms with Crippen LogP contribution >= 0.6 is 0 Å². The van der Waals surface area contributed by atoms with Crippen molar-refractivity contribution in [3.05, 3.63) is 0 Å². The zero-order valence-corrected chi connectivity index (χ0v) is 12.8. The molecule has 1 N–H and O–H groups in total. The van der Waals surface area contributed by atoms with Crippen LogP contribution < -0.4 is 5.32 Å². The van der Waals surface area contributed by atoms with Crippen LogP contribution in [0.2, 0.25) is 0 Å². The minimum atomic E-state index is 0.506. The predicted molar refractivity (Wildman–Crippen MR) is 78.9 cm³/mol. The van der Waals surface area contributed by atoms with Gasteiger partial charge in [0.05, 0.1) is 0 Å². The van der Waals surface area contributed by atoms with E-state index in [9.17, 15) is 0 Å². The molecule has 0 aromatic rings. The van der Waals surface area contributed by atoms with Crippen LogP contribution in [0, 0.1) is 11.3 Å². The zero-order valence-electron chi connectivity index (χ0n) is 12.8. The van der Waals surface area contributed by atoms with Crippen LogP contribution in [0.15, 0.2) is 0 Å². The van der Waals surface area contributed by atoms with Crippen molar-refractivity contribution in [2.45, 2.75) is 71.4 Å². The highest BCUT2D eigenvalue weighted by Gasteiger charge is 2.32. The van der Waals surface area contributed by atoms with Gasteiger partial charge in [-0.1, -0.05) is 27.2 Å². The molecule has 2 heteroatoms. The number of hydrogen-bond acceptors (Lipinski definition) is 2. The molecule has 0 amide bonds. The van der Waals surface area contributed by atoms with E-state index in [4.69, 9.17) is 0 Å². The van der Waals surface area contributed by atoms with Crippen LogP contribution in [0.1, 0.15) is 59.3 Å². The second kappa shape index (κ2) is 5.92. The summed E-state index contributed by atoms with van der Waals surface area (Å²) in [5, 5.41) is 3.48. The van der Waals surface area contributed by atoms with Gasteiger partial charge in [0.15, 0.2) is 0 Å². The van der Waals surface area contributed by atoms with Crippen molar-refractivity contribution in [1.82, 2.24) is 10.2 Å². The third-order valence-electron chi connectivity index (χ3n) is 5.33. The van der Waals surface area contributed by atoms with E-state index in [0.29, 0.717) is 5.41 Å². The van der Waals surface area contributed by atoms with Crippen molar-refractivity contribution in [2.24, 2.45) is 11.3 Å². The van der Waals surface area contributed by atoms with E-state index in [1.807, 2.05) is 0 Å². The Labute approximate surface area is 114 Å². The van der Waals surface area contributed by atoms with Crippen molar-refractivity contribution in [1.29, 1.82) is 0 Å². The average Bonchev–Trinajstić information content (AvgIpc) is 2.38. The summed E-state index contributed by atoms with van der Waals surface area (Å²) in [4.78, 5) is 2.78. The molecular formula is C16H32N2. The summed E-state index contributed by atoms with van der Waals surface area (Å²) in [5.41, 5.74) is 0.506. The van der Waals surface area contributed by atoms with Crippen LogP contribution in [0.25, 0.3) is 0 Å². The summed E-state index contributed by atoms with van der Waals surface area (Å²) >= 11 is 0. The van der Waals surface area contributed by atoms with E-state index in [-0.39, 0.29) is 0 Å². The van der Waals surface area contributed by atoms with Gasteiger partial charge in [0.1, 0.15) is 0 Å². The summed E-state index contributed by atoms with van der Waals surface area (Å²) in [6.45, 7) is 9.90. The smallest absolute Gasteiger partial charge is 0.0110 e. The molecule has 0 aromatic carbocycles. The summed E-state index contributed by atoms with van der Waals surface area (Å²) in [6.07, 6.45) is 8.41. The van der Waals surface area contributed by atoms with Crippen LogP contribution in [0.3, 0.4) is 0 Å². The number of rotatable bonds is 2. The summed E-state index contributed by atoms with van der Waals surface area (Å²) in [6, 6.07) is 1.63. The molecule has 2 unspecified atom stereocenters. The molecular weight excluding hydrogens is 220 g/mol. The lowest BCUT2D eigenvalue weighted by atomic mass is 9.75. The summed E-state index contributed by atoms with van der Waals surface area (Å²) in [5.74, 6) is 0.928. The van der Waals surface area contributed by atoms with Crippen molar-refractivity contribution in [3.8, 4) is 0 Å². The quantitative estimate of drug-likeness (QED) is 0.811. The SMILES string of the molecule is CNC1CCCC(N2CCC(C(C)(C)C)CC2)C1. The van der Waals surface area contributed by atoms with Crippen LogP contribution in [-0.4, -0.2) is 37.1 Å². The van der Waals surface area contributed by atoms with Crippen molar-refractivity contribution in [3.63, 3.8) is 0 Å². The highest BCUT2D eigenvalue weighted by atomic mass is 15.2. The molecule has 0 radical (unpaired) electrons. The Hall–Kier alpha value is -0.0800. The fourth-order valence-electron chi connectivity index (χ4n) is 3.89. The Morgan fingerprint density at radius 1 is 1.00 bits per heavy atom. The number of nitrogens with zero attached hydrogens (tertiary/aromatic N) is 1. The molecule has 1 aliphatic carbocycles. The Balaban J connectivity index is 1.82. The normalized spacial score (nSPS) is 32.7. The Morgan fingerprint density at radius 2 is 1.67 bits per heavy atom. The number of piperidine rings is 1. The van der Waals surface area contributed by atoms with Gasteiger partial charge in [0, 0.05) is 12.1 Å². The standard InChI is InChI=1S/C16H32N2/c1-16(2,3)13-8-10-18(11-9-13)15-7-5-6-14(12-15)17-4/h13-15,17H,5-12H2,1-4H3. The molecule has 0 bridgehead atoms. The topological polar surface area (TPSA) is 15.3 Å². The van der Waals surface area contributed by atoms with Gasteiger partial charge in [-0.05, 0) is 63.6 Å². The van der Waals surface area contributed by atoms with Gasteiger partial charge in [-0.15, -0.1) is 0 Å². The summed E-state index contributed by atoms with van der Waals surface area (Å²) < 4.78 is 0. The minimum Gasteiger partial charge on any atom is -0.317 e. The minimum absolute atomic E-state index is 0.506. The highest BCUT2D eigenvalue weighted by molar-refractivity contribution is 4.87. The van der Waals surface area contributed by atoms with E-state index in [0.717, 1.165) is 18.0 Å². The molecule has 2 nitrogen and oxygen atoms in total. The number of likely N-dealkylation sites (tertiary alicyclic amines) is 1. The fraction of sp³-hybridized carbons (Fsp3) is 1.00. The van der Waals surface area contributed by atoms with E-state index in [2.05, 4.69) is 38.0 Å². The highest BCUT2D eigenvalue weighted by Crippen LogP contribution is 2.36. The Morgan fingerprint density at radius 3 is 2.22 bits per heavy atom. The molecule has 1 saturated carbocycles. The van der Waals surface area contributed by atoms with Gasteiger partial charge >= 0.3 is 0 Å². The van der Waals surface area contributed by atoms with Crippen LogP contribution in [-0.2, 0) is 0 Å². The first kappa shape index (κ1) is 14.3.